The van der Waals surface area contributed by atoms with Gasteiger partial charge in [-0.2, -0.15) is 0 Å². The average molecular weight is 687 g/mol. The summed E-state index contributed by atoms with van der Waals surface area (Å²) in [5.41, 5.74) is 2.25. The molecule has 3 aromatic carbocycles. The van der Waals surface area contributed by atoms with Gasteiger partial charge in [0.25, 0.3) is 0 Å². The first-order valence-corrected chi connectivity index (χ1v) is 14.4. The molecule has 0 unspecified atom stereocenters. The lowest BCUT2D eigenvalue weighted by molar-refractivity contribution is 0.0697. The Morgan fingerprint density at radius 3 is 2.40 bits per heavy atom. The number of hydrogen-bond acceptors (Lipinski definition) is 7. The van der Waals surface area contributed by atoms with Crippen molar-refractivity contribution < 1.29 is 27.8 Å². The van der Waals surface area contributed by atoms with Gasteiger partial charge in [0.2, 0.25) is 10.0 Å². The number of hydrogen-bond donors (Lipinski definition) is 5. The number of anilines is 2. The van der Waals surface area contributed by atoms with Crippen LogP contribution in [0, 0.1) is 3.57 Å². The topological polar surface area (TPSA) is 172 Å². The minimum atomic E-state index is -3.86. The molecule has 1 aliphatic carbocycles. The van der Waals surface area contributed by atoms with Gasteiger partial charge in [0.15, 0.2) is 10.5 Å². The van der Waals surface area contributed by atoms with Crippen molar-refractivity contribution in [3.8, 4) is 28.2 Å². The molecule has 0 amide bonds. The second kappa shape index (κ2) is 10.5. The van der Waals surface area contributed by atoms with Gasteiger partial charge < -0.3 is 25.3 Å². The minimum Gasteiger partial charge on any atom is -0.508 e. The van der Waals surface area contributed by atoms with E-state index in [1.54, 1.807) is 24.3 Å². The van der Waals surface area contributed by atoms with Crippen LogP contribution < -0.4 is 21.2 Å². The average Bonchev–Trinajstić information content (AvgIpc) is 2.87. The van der Waals surface area contributed by atoms with Gasteiger partial charge >= 0.3 is 5.97 Å². The van der Waals surface area contributed by atoms with E-state index in [9.17, 15) is 28.2 Å². The quantitative estimate of drug-likeness (QED) is 0.0959. The lowest BCUT2D eigenvalue weighted by Gasteiger charge is -2.18. The van der Waals surface area contributed by atoms with E-state index in [1.807, 2.05) is 22.6 Å². The minimum absolute atomic E-state index is 0.0431. The standard InChI is InChI=1S/C27H18IN3O7S2/c28-21-12-16(40(29,36)37)4-8-22(21)31-27(39)30-13-1-5-17(20(9-13)26(34)35)25-18-6-2-14(32)10-23(18)38-24-11-15(33)3-7-19(24)25/h1-12,32H,(H,34,35)(H2,29,36,37)(H2,30,31,39). The summed E-state index contributed by atoms with van der Waals surface area (Å²) in [5.74, 6) is -1.01. The van der Waals surface area contributed by atoms with E-state index < -0.39 is 16.0 Å². The molecule has 0 saturated heterocycles. The zero-order chi connectivity index (χ0) is 28.8. The second-order valence-corrected chi connectivity index (χ2v) is 11.8. The van der Waals surface area contributed by atoms with Crippen molar-refractivity contribution >= 4 is 78.3 Å². The fourth-order valence-corrected chi connectivity index (χ4v) is 5.85. The highest BCUT2D eigenvalue weighted by Crippen LogP contribution is 2.42. The zero-order valence-electron chi connectivity index (χ0n) is 20.1. The molecule has 0 bridgehead atoms. The van der Waals surface area contributed by atoms with Crippen molar-refractivity contribution in [3.05, 3.63) is 92.2 Å². The Kier molecular flexibility index (Phi) is 7.22. The van der Waals surface area contributed by atoms with Crippen molar-refractivity contribution in [1.29, 1.82) is 0 Å². The lowest BCUT2D eigenvalue weighted by Crippen LogP contribution is -2.20. The summed E-state index contributed by atoms with van der Waals surface area (Å²) in [4.78, 5) is 24.4. The molecule has 5 rings (SSSR count). The Morgan fingerprint density at radius 2 is 1.70 bits per heavy atom. The molecule has 10 nitrogen and oxygen atoms in total. The number of halogens is 1. The van der Waals surface area contributed by atoms with Crippen LogP contribution in [0.1, 0.15) is 10.4 Å². The second-order valence-electron chi connectivity index (χ2n) is 8.65. The number of aromatic carboxylic acids is 1. The molecule has 0 atom stereocenters. The number of sulfonamides is 1. The number of thiocarbonyl (C=S) groups is 1. The van der Waals surface area contributed by atoms with Crippen LogP contribution in [-0.2, 0) is 10.0 Å². The number of nitrogens with one attached hydrogen (secondary N) is 2. The molecule has 40 heavy (non-hydrogen) atoms. The predicted octanol–water partition coefficient (Wildman–Crippen LogP) is 5.03. The number of carboxylic acid groups (broad SMARTS) is 1. The maximum atomic E-state index is 12.4. The van der Waals surface area contributed by atoms with E-state index in [4.69, 9.17) is 21.8 Å². The van der Waals surface area contributed by atoms with Crippen molar-refractivity contribution in [2.24, 2.45) is 5.14 Å². The van der Waals surface area contributed by atoms with Crippen LogP contribution in [-0.4, -0.2) is 29.7 Å². The molecular formula is C27H18IN3O7S2. The molecule has 0 aromatic heterocycles. The summed E-state index contributed by atoms with van der Waals surface area (Å²) in [6.07, 6.45) is 0. The summed E-state index contributed by atoms with van der Waals surface area (Å²) in [6.45, 7) is 0. The van der Waals surface area contributed by atoms with Crippen LogP contribution in [0.15, 0.2) is 86.9 Å². The van der Waals surface area contributed by atoms with Gasteiger partial charge in [0.1, 0.15) is 17.1 Å². The van der Waals surface area contributed by atoms with Gasteiger partial charge in [0, 0.05) is 37.9 Å². The maximum Gasteiger partial charge on any atom is 0.336 e. The van der Waals surface area contributed by atoms with Crippen LogP contribution in [0.25, 0.3) is 33.4 Å². The monoisotopic (exact) mass is 687 g/mol. The molecule has 1 heterocycles. The summed E-state index contributed by atoms with van der Waals surface area (Å²) in [7, 11) is -3.86. The van der Waals surface area contributed by atoms with Crippen LogP contribution in [0.4, 0.5) is 11.4 Å². The highest BCUT2D eigenvalue weighted by Gasteiger charge is 2.22. The van der Waals surface area contributed by atoms with Crippen molar-refractivity contribution in [2.75, 3.05) is 10.6 Å². The number of carbonyl (C=O) groups is 1. The lowest BCUT2D eigenvalue weighted by atomic mass is 9.90. The van der Waals surface area contributed by atoms with E-state index in [0.717, 1.165) is 0 Å². The van der Waals surface area contributed by atoms with Crippen molar-refractivity contribution in [3.63, 3.8) is 0 Å². The van der Waals surface area contributed by atoms with Crippen molar-refractivity contribution in [2.45, 2.75) is 4.90 Å². The fraction of sp³-hybridized carbons (Fsp3) is 0. The number of primary sulfonamides is 1. The summed E-state index contributed by atoms with van der Waals surface area (Å²) in [5, 5.41) is 31.9. The van der Waals surface area contributed by atoms with E-state index in [1.165, 1.54) is 48.5 Å². The predicted molar refractivity (Wildman–Crippen MR) is 164 cm³/mol. The third-order valence-corrected chi connectivity index (χ3v) is 7.98. The highest BCUT2D eigenvalue weighted by atomic mass is 127. The van der Waals surface area contributed by atoms with E-state index in [0.29, 0.717) is 37.0 Å². The highest BCUT2D eigenvalue weighted by molar-refractivity contribution is 14.1. The van der Waals surface area contributed by atoms with Gasteiger partial charge in [-0.25, -0.2) is 18.4 Å². The Labute approximate surface area is 246 Å². The first-order valence-electron chi connectivity index (χ1n) is 11.4. The van der Waals surface area contributed by atoms with Gasteiger partial charge in [-0.05, 0) is 95.0 Å². The number of fused-ring (bicyclic) bond motifs is 2. The third kappa shape index (κ3) is 5.49. The Bertz CT molecular complexity index is 1990. The molecule has 13 heteroatoms. The summed E-state index contributed by atoms with van der Waals surface area (Å²) < 4.78 is 29.6. The van der Waals surface area contributed by atoms with Crippen LogP contribution in [0.2, 0.25) is 0 Å². The third-order valence-electron chi connectivity index (χ3n) is 5.97. The number of nitrogens with two attached hydrogens (primary N) is 1. The number of carboxylic acids is 1. The van der Waals surface area contributed by atoms with Crippen LogP contribution >= 0.6 is 34.8 Å². The largest absolute Gasteiger partial charge is 0.508 e. The molecule has 6 N–H and O–H groups in total. The molecule has 0 radical (unpaired) electrons. The maximum absolute atomic E-state index is 12.4. The number of benzene rings is 4. The van der Waals surface area contributed by atoms with E-state index in [-0.39, 0.29) is 38.1 Å². The van der Waals surface area contributed by atoms with E-state index >= 15 is 0 Å². The van der Waals surface area contributed by atoms with Gasteiger partial charge in [-0.15, -0.1) is 0 Å². The number of rotatable bonds is 5. The summed E-state index contributed by atoms with van der Waals surface area (Å²) >= 11 is 7.33. The molecule has 202 valence electrons. The molecule has 0 saturated carbocycles. The fourth-order valence-electron chi connectivity index (χ4n) is 4.23. The Morgan fingerprint density at radius 1 is 0.950 bits per heavy atom. The molecule has 1 aliphatic heterocycles. The summed E-state index contributed by atoms with van der Waals surface area (Å²) in [6, 6.07) is 17.7. The van der Waals surface area contributed by atoms with Gasteiger partial charge in [-0.3, -0.25) is 4.79 Å². The SMILES string of the molecule is NS(=O)(=O)c1ccc(NC(=S)Nc2ccc(-c3c4ccc(=O)cc-4oc4cc(O)ccc34)c(C(=O)O)c2)c(I)c1. The molecule has 0 fully saturated rings. The Hall–Kier alpha value is -4.05. The molecule has 2 aliphatic rings. The van der Waals surface area contributed by atoms with Crippen molar-refractivity contribution in [1.82, 2.24) is 0 Å². The first-order chi connectivity index (χ1) is 18.9. The van der Waals surface area contributed by atoms with Crippen LogP contribution in [0.3, 0.4) is 0 Å². The molecule has 0 spiro atoms. The number of aromatic hydroxyl groups is 1. The normalized spacial score (nSPS) is 11.4. The van der Waals surface area contributed by atoms with E-state index in [2.05, 4.69) is 10.6 Å². The number of phenolic OH excluding ortho intramolecular Hbond substituents is 1. The van der Waals surface area contributed by atoms with Gasteiger partial charge in [-0.1, -0.05) is 6.07 Å². The van der Waals surface area contributed by atoms with Crippen LogP contribution in [0.5, 0.6) is 5.75 Å². The first kappa shape index (κ1) is 27.5. The number of phenols is 1. The van der Waals surface area contributed by atoms with Gasteiger partial charge in [0.05, 0.1) is 16.1 Å². The Balaban J connectivity index is 1.54. The smallest absolute Gasteiger partial charge is 0.336 e. The molecule has 3 aromatic rings. The molecular weight excluding hydrogens is 669 g/mol. The zero-order valence-corrected chi connectivity index (χ0v) is 23.9.